The molecule has 5 heteroatoms. The van der Waals surface area contributed by atoms with Crippen LogP contribution in [0.4, 0.5) is 4.39 Å². The molecule has 0 aliphatic carbocycles. The summed E-state index contributed by atoms with van der Waals surface area (Å²) in [7, 11) is 0. The van der Waals surface area contributed by atoms with Gasteiger partial charge in [-0.3, -0.25) is 0 Å². The van der Waals surface area contributed by atoms with E-state index in [9.17, 15) is 4.39 Å². The minimum absolute atomic E-state index is 0.0514. The van der Waals surface area contributed by atoms with Crippen molar-refractivity contribution in [2.45, 2.75) is 36.8 Å². The van der Waals surface area contributed by atoms with Gasteiger partial charge in [-0.1, -0.05) is 19.0 Å². The number of hydrogen-bond donors (Lipinski definition) is 0. The molecule has 0 saturated heterocycles. The fourth-order valence-electron chi connectivity index (χ4n) is 1.41. The van der Waals surface area contributed by atoms with Crippen molar-refractivity contribution >= 4 is 11.8 Å². The van der Waals surface area contributed by atoms with Crippen LogP contribution in [0.2, 0.25) is 0 Å². The maximum atomic E-state index is 12.8. The minimum atomic E-state index is -0.230. The highest BCUT2D eigenvalue weighted by molar-refractivity contribution is 7.99. The SMILES string of the molecule is CC(C)c1noc(C(C)Sc2ccc(F)cc2)n1. The molecular weight excluding hydrogens is 251 g/mol. The number of rotatable bonds is 4. The predicted octanol–water partition coefficient (Wildman–Crippen LogP) is 4.19. The van der Waals surface area contributed by atoms with Crippen molar-refractivity contribution in [1.29, 1.82) is 0 Å². The number of aromatic nitrogens is 2. The molecule has 0 aliphatic rings. The Morgan fingerprint density at radius 2 is 1.83 bits per heavy atom. The number of nitrogens with zero attached hydrogens (tertiary/aromatic N) is 2. The Labute approximate surface area is 110 Å². The summed E-state index contributed by atoms with van der Waals surface area (Å²) in [6.07, 6.45) is 0. The Morgan fingerprint density at radius 1 is 1.17 bits per heavy atom. The zero-order valence-corrected chi connectivity index (χ0v) is 11.4. The summed E-state index contributed by atoms with van der Waals surface area (Å²) >= 11 is 1.57. The summed E-state index contributed by atoms with van der Waals surface area (Å²) in [5.74, 6) is 1.35. The van der Waals surface area contributed by atoms with Crippen molar-refractivity contribution < 1.29 is 8.91 Å². The average Bonchev–Trinajstić information content (AvgIpc) is 2.81. The van der Waals surface area contributed by atoms with Crippen LogP contribution in [0.25, 0.3) is 0 Å². The van der Waals surface area contributed by atoms with Crippen LogP contribution in [-0.4, -0.2) is 10.1 Å². The molecule has 96 valence electrons. The fourth-order valence-corrected chi connectivity index (χ4v) is 2.31. The van der Waals surface area contributed by atoms with Crippen molar-refractivity contribution in [2.24, 2.45) is 0 Å². The third kappa shape index (κ3) is 3.10. The lowest BCUT2D eigenvalue weighted by Crippen LogP contribution is -1.92. The first-order valence-corrected chi connectivity index (χ1v) is 6.70. The topological polar surface area (TPSA) is 38.9 Å². The minimum Gasteiger partial charge on any atom is -0.338 e. The maximum Gasteiger partial charge on any atom is 0.239 e. The first-order valence-electron chi connectivity index (χ1n) is 5.82. The second-order valence-electron chi connectivity index (χ2n) is 4.36. The van der Waals surface area contributed by atoms with E-state index in [1.165, 1.54) is 12.1 Å². The highest BCUT2D eigenvalue weighted by Gasteiger charge is 2.16. The van der Waals surface area contributed by atoms with Gasteiger partial charge in [-0.2, -0.15) is 4.98 Å². The molecule has 1 heterocycles. The molecular formula is C13H15FN2OS. The van der Waals surface area contributed by atoms with Crippen LogP contribution in [0.15, 0.2) is 33.7 Å². The molecule has 1 atom stereocenters. The Balaban J connectivity index is 2.06. The van der Waals surface area contributed by atoms with Crippen LogP contribution in [0.5, 0.6) is 0 Å². The van der Waals surface area contributed by atoms with E-state index in [4.69, 9.17) is 4.52 Å². The molecule has 2 aromatic rings. The van der Waals surface area contributed by atoms with E-state index in [-0.39, 0.29) is 17.0 Å². The van der Waals surface area contributed by atoms with Gasteiger partial charge in [-0.05, 0) is 31.2 Å². The van der Waals surface area contributed by atoms with Crippen LogP contribution in [-0.2, 0) is 0 Å². The molecule has 0 bridgehead atoms. The summed E-state index contributed by atoms with van der Waals surface area (Å²) < 4.78 is 18.0. The van der Waals surface area contributed by atoms with Crippen molar-refractivity contribution in [2.75, 3.05) is 0 Å². The van der Waals surface area contributed by atoms with Crippen LogP contribution in [0.1, 0.15) is 43.7 Å². The molecule has 0 N–H and O–H groups in total. The van der Waals surface area contributed by atoms with E-state index >= 15 is 0 Å². The molecule has 0 amide bonds. The normalized spacial score (nSPS) is 12.9. The third-order valence-electron chi connectivity index (χ3n) is 2.45. The largest absolute Gasteiger partial charge is 0.338 e. The zero-order chi connectivity index (χ0) is 13.1. The number of hydrogen-bond acceptors (Lipinski definition) is 4. The van der Waals surface area contributed by atoms with E-state index in [1.54, 1.807) is 23.9 Å². The Kier molecular flexibility index (Phi) is 4.01. The lowest BCUT2D eigenvalue weighted by Gasteiger charge is -2.05. The molecule has 0 aliphatic heterocycles. The average molecular weight is 266 g/mol. The van der Waals surface area contributed by atoms with E-state index < -0.39 is 0 Å². The first-order chi connectivity index (χ1) is 8.56. The van der Waals surface area contributed by atoms with Crippen LogP contribution < -0.4 is 0 Å². The number of halogens is 1. The number of thioether (sulfide) groups is 1. The highest BCUT2D eigenvalue weighted by atomic mass is 32.2. The summed E-state index contributed by atoms with van der Waals surface area (Å²) in [4.78, 5) is 5.33. The maximum absolute atomic E-state index is 12.8. The van der Waals surface area contributed by atoms with Gasteiger partial charge < -0.3 is 4.52 Å². The summed E-state index contributed by atoms with van der Waals surface area (Å²) in [5, 5.41) is 3.98. The van der Waals surface area contributed by atoms with Gasteiger partial charge in [0.05, 0.1) is 5.25 Å². The predicted molar refractivity (Wildman–Crippen MR) is 69.1 cm³/mol. The van der Waals surface area contributed by atoms with Gasteiger partial charge in [-0.25, -0.2) is 4.39 Å². The molecule has 0 radical (unpaired) electrons. The highest BCUT2D eigenvalue weighted by Crippen LogP contribution is 2.34. The smallest absolute Gasteiger partial charge is 0.239 e. The van der Waals surface area contributed by atoms with Gasteiger partial charge >= 0.3 is 0 Å². The summed E-state index contributed by atoms with van der Waals surface area (Å²) in [5.41, 5.74) is 0. The molecule has 0 saturated carbocycles. The van der Waals surface area contributed by atoms with Gasteiger partial charge in [-0.15, -0.1) is 11.8 Å². The lowest BCUT2D eigenvalue weighted by atomic mass is 10.2. The Morgan fingerprint density at radius 3 is 2.39 bits per heavy atom. The second kappa shape index (κ2) is 5.52. The van der Waals surface area contributed by atoms with Crippen molar-refractivity contribution in [3.63, 3.8) is 0 Å². The standard InChI is InChI=1S/C13H15FN2OS/c1-8(2)12-15-13(17-16-12)9(3)18-11-6-4-10(14)5-7-11/h4-9H,1-3H3. The second-order valence-corrected chi connectivity index (χ2v) is 5.77. The monoisotopic (exact) mass is 266 g/mol. The van der Waals surface area contributed by atoms with Crippen LogP contribution in [0.3, 0.4) is 0 Å². The molecule has 0 fully saturated rings. The van der Waals surface area contributed by atoms with Gasteiger partial charge in [0.2, 0.25) is 5.89 Å². The third-order valence-corrected chi connectivity index (χ3v) is 3.55. The van der Waals surface area contributed by atoms with E-state index in [2.05, 4.69) is 10.1 Å². The van der Waals surface area contributed by atoms with E-state index in [0.717, 1.165) is 10.7 Å². The molecule has 3 nitrogen and oxygen atoms in total. The molecule has 1 aromatic carbocycles. The molecule has 1 unspecified atom stereocenters. The van der Waals surface area contributed by atoms with Gasteiger partial charge in [0.1, 0.15) is 5.82 Å². The number of benzene rings is 1. The van der Waals surface area contributed by atoms with Crippen molar-refractivity contribution in [3.8, 4) is 0 Å². The first kappa shape index (κ1) is 13.1. The Hall–Kier alpha value is -1.36. The van der Waals surface area contributed by atoms with Crippen molar-refractivity contribution in [1.82, 2.24) is 10.1 Å². The lowest BCUT2D eigenvalue weighted by molar-refractivity contribution is 0.373. The fraction of sp³-hybridized carbons (Fsp3) is 0.385. The molecule has 18 heavy (non-hydrogen) atoms. The van der Waals surface area contributed by atoms with E-state index in [1.807, 2.05) is 20.8 Å². The summed E-state index contributed by atoms with van der Waals surface area (Å²) in [6.45, 7) is 6.03. The van der Waals surface area contributed by atoms with E-state index in [0.29, 0.717) is 5.89 Å². The van der Waals surface area contributed by atoms with Crippen molar-refractivity contribution in [3.05, 3.63) is 41.8 Å². The summed E-state index contributed by atoms with van der Waals surface area (Å²) in [6, 6.07) is 6.39. The van der Waals surface area contributed by atoms with Gasteiger partial charge in [0.25, 0.3) is 0 Å². The van der Waals surface area contributed by atoms with Gasteiger partial charge in [0, 0.05) is 10.8 Å². The van der Waals surface area contributed by atoms with Crippen LogP contribution >= 0.6 is 11.8 Å². The quantitative estimate of drug-likeness (QED) is 0.778. The van der Waals surface area contributed by atoms with Crippen LogP contribution in [0, 0.1) is 5.82 Å². The molecule has 2 rings (SSSR count). The Bertz CT molecular complexity index is 510. The van der Waals surface area contributed by atoms with Gasteiger partial charge in [0.15, 0.2) is 5.82 Å². The molecule has 0 spiro atoms. The molecule has 1 aromatic heterocycles. The zero-order valence-electron chi connectivity index (χ0n) is 10.6.